The molecule has 1 atom stereocenters. The highest BCUT2D eigenvalue weighted by atomic mass is 16.6. The molecule has 2 N–H and O–H groups in total. The summed E-state index contributed by atoms with van der Waals surface area (Å²) in [4.78, 5) is 11.0. The van der Waals surface area contributed by atoms with Crippen LogP contribution < -0.4 is 19.6 Å². The summed E-state index contributed by atoms with van der Waals surface area (Å²) >= 11 is 0. The molecule has 0 spiro atoms. The second kappa shape index (κ2) is 8.58. The third kappa shape index (κ3) is 4.87. The van der Waals surface area contributed by atoms with Gasteiger partial charge in [-0.25, -0.2) is 4.79 Å². The largest absolute Gasteiger partial charge is 0.493 e. The number of hydrogen-bond donors (Lipinski definition) is 2. The van der Waals surface area contributed by atoms with Crippen LogP contribution in [0.5, 0.6) is 17.2 Å². The number of aliphatic carboxylic acids is 1. The first kappa shape index (κ1) is 18.1. The van der Waals surface area contributed by atoms with E-state index in [4.69, 9.17) is 19.3 Å². The van der Waals surface area contributed by atoms with Gasteiger partial charge in [0.1, 0.15) is 0 Å². The van der Waals surface area contributed by atoms with Gasteiger partial charge in [-0.2, -0.15) is 5.10 Å². The molecule has 0 heterocycles. The van der Waals surface area contributed by atoms with Crippen molar-refractivity contribution in [3.8, 4) is 17.2 Å². The minimum atomic E-state index is -1.08. The van der Waals surface area contributed by atoms with E-state index in [0.717, 1.165) is 5.69 Å². The van der Waals surface area contributed by atoms with E-state index in [-0.39, 0.29) is 5.75 Å². The number of carboxylic acid groups (broad SMARTS) is 1. The van der Waals surface area contributed by atoms with Crippen LogP contribution in [0.2, 0.25) is 0 Å². The Bertz CT molecular complexity index is 721. The Kier molecular flexibility index (Phi) is 6.22. The summed E-state index contributed by atoms with van der Waals surface area (Å²) in [7, 11) is 2.94. The van der Waals surface area contributed by atoms with Crippen LogP contribution in [0.25, 0.3) is 0 Å². The van der Waals surface area contributed by atoms with Crippen LogP contribution in [-0.2, 0) is 4.79 Å². The number of carboxylic acids is 1. The van der Waals surface area contributed by atoms with E-state index < -0.39 is 12.1 Å². The molecule has 2 rings (SSSR count). The highest BCUT2D eigenvalue weighted by Gasteiger charge is 2.20. The third-order valence-electron chi connectivity index (χ3n) is 3.31. The van der Waals surface area contributed by atoms with E-state index in [1.54, 1.807) is 18.3 Å². The molecule has 0 saturated heterocycles. The van der Waals surface area contributed by atoms with Gasteiger partial charge in [0.15, 0.2) is 17.6 Å². The smallest absolute Gasteiger partial charge is 0.344 e. The summed E-state index contributed by atoms with van der Waals surface area (Å²) in [5, 5.41) is 13.2. The Balaban J connectivity index is 2.24. The predicted molar refractivity (Wildman–Crippen MR) is 94.9 cm³/mol. The molecule has 0 aliphatic carbocycles. The highest BCUT2D eigenvalue weighted by molar-refractivity contribution is 5.83. The Morgan fingerprint density at radius 2 is 1.76 bits per heavy atom. The number of methoxy groups -OCH3 is 2. The summed E-state index contributed by atoms with van der Waals surface area (Å²) in [5.41, 5.74) is 4.46. The lowest BCUT2D eigenvalue weighted by Gasteiger charge is -2.17. The predicted octanol–water partition coefficient (Wildman–Crippen LogP) is 3.00. The Morgan fingerprint density at radius 3 is 2.28 bits per heavy atom. The van der Waals surface area contributed by atoms with Crippen LogP contribution >= 0.6 is 0 Å². The van der Waals surface area contributed by atoms with Crippen LogP contribution in [0.15, 0.2) is 47.6 Å². The first-order valence-electron chi connectivity index (χ1n) is 7.54. The number of carbonyl (C=O) groups is 1. The molecule has 7 heteroatoms. The van der Waals surface area contributed by atoms with Crippen molar-refractivity contribution in [2.45, 2.75) is 13.0 Å². The molecule has 7 nitrogen and oxygen atoms in total. The second-order valence-electron chi connectivity index (χ2n) is 5.09. The van der Waals surface area contributed by atoms with Gasteiger partial charge in [-0.3, -0.25) is 5.43 Å². The molecule has 0 bridgehead atoms. The number of ether oxygens (including phenoxy) is 3. The number of hydrazone groups is 1. The summed E-state index contributed by atoms with van der Waals surface area (Å²) in [6.45, 7) is 1.43. The average Bonchev–Trinajstić information content (AvgIpc) is 2.63. The summed E-state index contributed by atoms with van der Waals surface area (Å²) in [5.74, 6) is -0.142. The maximum Gasteiger partial charge on any atom is 0.344 e. The lowest BCUT2D eigenvalue weighted by atomic mass is 10.2. The number of para-hydroxylation sites is 1. The van der Waals surface area contributed by atoms with Gasteiger partial charge in [0, 0.05) is 5.56 Å². The standard InChI is InChI=1S/C18H20N2O5/c1-12(18(21)22)25-17-15(23-2)9-13(10-16(17)24-3)11-19-20-14-7-5-4-6-8-14/h4-12,20H,1-3H3,(H,21,22). The molecule has 0 aliphatic rings. The van der Waals surface area contributed by atoms with Crippen LogP contribution in [-0.4, -0.2) is 37.6 Å². The summed E-state index contributed by atoms with van der Waals surface area (Å²) < 4.78 is 16.0. The first-order chi connectivity index (χ1) is 12.0. The number of nitrogens with zero attached hydrogens (tertiary/aromatic N) is 1. The van der Waals surface area contributed by atoms with Gasteiger partial charge in [-0.05, 0) is 31.2 Å². The zero-order valence-corrected chi connectivity index (χ0v) is 14.2. The molecule has 25 heavy (non-hydrogen) atoms. The van der Waals surface area contributed by atoms with E-state index in [1.807, 2.05) is 30.3 Å². The van der Waals surface area contributed by atoms with Crippen molar-refractivity contribution in [2.24, 2.45) is 5.10 Å². The molecular weight excluding hydrogens is 324 g/mol. The molecule has 2 aromatic carbocycles. The van der Waals surface area contributed by atoms with Gasteiger partial charge in [-0.1, -0.05) is 18.2 Å². The fourth-order valence-electron chi connectivity index (χ4n) is 2.01. The van der Waals surface area contributed by atoms with Crippen molar-refractivity contribution in [3.63, 3.8) is 0 Å². The number of rotatable bonds is 8. The van der Waals surface area contributed by atoms with E-state index >= 15 is 0 Å². The average molecular weight is 344 g/mol. The number of hydrogen-bond acceptors (Lipinski definition) is 6. The minimum absolute atomic E-state index is 0.230. The van der Waals surface area contributed by atoms with Gasteiger partial charge in [-0.15, -0.1) is 0 Å². The lowest BCUT2D eigenvalue weighted by Crippen LogP contribution is -2.23. The Labute approximate surface area is 145 Å². The fourth-order valence-corrected chi connectivity index (χ4v) is 2.01. The Morgan fingerprint density at radius 1 is 1.16 bits per heavy atom. The first-order valence-corrected chi connectivity index (χ1v) is 7.54. The van der Waals surface area contributed by atoms with Gasteiger partial charge in [0.25, 0.3) is 0 Å². The molecular formula is C18H20N2O5. The molecule has 2 aromatic rings. The molecule has 0 aliphatic heterocycles. The maximum absolute atomic E-state index is 11.0. The molecule has 0 fully saturated rings. The van der Waals surface area contributed by atoms with Gasteiger partial charge in [0.05, 0.1) is 26.1 Å². The normalized spacial score (nSPS) is 11.8. The molecule has 0 aromatic heterocycles. The van der Waals surface area contributed by atoms with Crippen molar-refractivity contribution >= 4 is 17.9 Å². The van der Waals surface area contributed by atoms with Crippen molar-refractivity contribution < 1.29 is 24.1 Å². The Hall–Kier alpha value is -3.22. The monoisotopic (exact) mass is 344 g/mol. The number of nitrogens with one attached hydrogen (secondary N) is 1. The van der Waals surface area contributed by atoms with Crippen molar-refractivity contribution in [1.82, 2.24) is 0 Å². The van der Waals surface area contributed by atoms with Gasteiger partial charge in [0.2, 0.25) is 5.75 Å². The third-order valence-corrected chi connectivity index (χ3v) is 3.31. The van der Waals surface area contributed by atoms with Crippen molar-refractivity contribution in [3.05, 3.63) is 48.0 Å². The van der Waals surface area contributed by atoms with E-state index in [0.29, 0.717) is 17.1 Å². The van der Waals surface area contributed by atoms with Crippen LogP contribution in [0.4, 0.5) is 5.69 Å². The number of anilines is 1. The quantitative estimate of drug-likeness (QED) is 0.565. The van der Waals surface area contributed by atoms with E-state index in [1.165, 1.54) is 21.1 Å². The molecule has 0 amide bonds. The SMILES string of the molecule is COc1cc(C=NNc2ccccc2)cc(OC)c1OC(C)C(=O)O. The van der Waals surface area contributed by atoms with Crippen LogP contribution in [0.1, 0.15) is 12.5 Å². The minimum Gasteiger partial charge on any atom is -0.493 e. The fraction of sp³-hybridized carbons (Fsp3) is 0.222. The highest BCUT2D eigenvalue weighted by Crippen LogP contribution is 2.38. The maximum atomic E-state index is 11.0. The van der Waals surface area contributed by atoms with E-state index in [9.17, 15) is 4.79 Å². The zero-order valence-electron chi connectivity index (χ0n) is 14.2. The van der Waals surface area contributed by atoms with E-state index in [2.05, 4.69) is 10.5 Å². The van der Waals surface area contributed by atoms with Crippen LogP contribution in [0, 0.1) is 0 Å². The molecule has 0 saturated carbocycles. The zero-order chi connectivity index (χ0) is 18.2. The topological polar surface area (TPSA) is 89.4 Å². The van der Waals surface area contributed by atoms with Crippen molar-refractivity contribution in [1.29, 1.82) is 0 Å². The summed E-state index contributed by atoms with van der Waals surface area (Å²) in [6, 6.07) is 12.9. The molecule has 0 radical (unpaired) electrons. The lowest BCUT2D eigenvalue weighted by molar-refractivity contribution is -0.144. The number of benzene rings is 2. The summed E-state index contributed by atoms with van der Waals surface area (Å²) in [6.07, 6.45) is 0.560. The second-order valence-corrected chi connectivity index (χ2v) is 5.09. The molecule has 1 unspecified atom stereocenters. The van der Waals surface area contributed by atoms with Gasteiger partial charge < -0.3 is 19.3 Å². The molecule has 132 valence electrons. The van der Waals surface area contributed by atoms with Gasteiger partial charge >= 0.3 is 5.97 Å². The van der Waals surface area contributed by atoms with Crippen LogP contribution in [0.3, 0.4) is 0 Å². The van der Waals surface area contributed by atoms with Crippen molar-refractivity contribution in [2.75, 3.05) is 19.6 Å².